The van der Waals surface area contributed by atoms with Crippen molar-refractivity contribution in [1.82, 2.24) is 15.2 Å². The van der Waals surface area contributed by atoms with Gasteiger partial charge in [0.05, 0.1) is 6.04 Å². The third-order valence-corrected chi connectivity index (χ3v) is 1.98. The summed E-state index contributed by atoms with van der Waals surface area (Å²) in [5, 5.41) is 6.82. The topological polar surface area (TPSA) is 76.8 Å². The van der Waals surface area contributed by atoms with Crippen LogP contribution in [-0.2, 0) is 10.3 Å². The second kappa shape index (κ2) is 3.43. The van der Waals surface area contributed by atoms with E-state index in [9.17, 15) is 0 Å². The summed E-state index contributed by atoms with van der Waals surface area (Å²) in [5.74, 6) is 1.31. The first-order valence-electron chi connectivity index (χ1n) is 4.21. The van der Waals surface area contributed by atoms with E-state index in [-0.39, 0.29) is 6.04 Å². The van der Waals surface area contributed by atoms with E-state index in [1.54, 1.807) is 7.11 Å². The van der Waals surface area contributed by atoms with Crippen LogP contribution in [0, 0.1) is 0 Å². The molecule has 0 bridgehead atoms. The quantitative estimate of drug-likeness (QED) is 0.725. The number of aromatic nitrogens is 3. The molecule has 1 heterocycles. The van der Waals surface area contributed by atoms with Crippen molar-refractivity contribution in [2.75, 3.05) is 7.11 Å². The van der Waals surface area contributed by atoms with Crippen LogP contribution in [0.5, 0.6) is 0 Å². The zero-order valence-electron chi connectivity index (χ0n) is 8.46. The standard InChI is InChI=1S/C8H16N4O/c1-5(9)6-10-7(12-11-6)8(2,3)13-4/h5H,9H2,1-4H3,(H,10,11,12). The number of nitrogens with one attached hydrogen (secondary N) is 1. The van der Waals surface area contributed by atoms with Crippen molar-refractivity contribution in [2.24, 2.45) is 5.73 Å². The molecule has 13 heavy (non-hydrogen) atoms. The monoisotopic (exact) mass is 184 g/mol. The fourth-order valence-corrected chi connectivity index (χ4v) is 0.838. The molecule has 1 rings (SSSR count). The van der Waals surface area contributed by atoms with Gasteiger partial charge in [0.15, 0.2) is 5.82 Å². The van der Waals surface area contributed by atoms with Crippen molar-refractivity contribution >= 4 is 0 Å². The molecular formula is C8H16N4O. The Morgan fingerprint density at radius 1 is 1.54 bits per heavy atom. The Bertz CT molecular complexity index is 279. The summed E-state index contributed by atoms with van der Waals surface area (Å²) in [6, 6.07) is -0.131. The summed E-state index contributed by atoms with van der Waals surface area (Å²) in [4.78, 5) is 4.24. The van der Waals surface area contributed by atoms with Crippen LogP contribution in [0.2, 0.25) is 0 Å². The van der Waals surface area contributed by atoms with Crippen LogP contribution in [0.25, 0.3) is 0 Å². The molecule has 0 aromatic carbocycles. The van der Waals surface area contributed by atoms with E-state index in [0.717, 1.165) is 0 Å². The molecule has 0 amide bonds. The van der Waals surface area contributed by atoms with Gasteiger partial charge in [-0.25, -0.2) is 4.98 Å². The van der Waals surface area contributed by atoms with Crippen molar-refractivity contribution < 1.29 is 4.74 Å². The molecule has 0 fully saturated rings. The van der Waals surface area contributed by atoms with Crippen LogP contribution in [0.4, 0.5) is 0 Å². The SMILES string of the molecule is COC(C)(C)c1n[nH]c(C(C)N)n1. The summed E-state index contributed by atoms with van der Waals surface area (Å²) in [7, 11) is 1.63. The van der Waals surface area contributed by atoms with Gasteiger partial charge in [0.1, 0.15) is 11.4 Å². The maximum absolute atomic E-state index is 5.64. The van der Waals surface area contributed by atoms with Crippen molar-refractivity contribution in [3.8, 4) is 0 Å². The van der Waals surface area contributed by atoms with Crippen LogP contribution < -0.4 is 5.73 Å². The number of nitrogens with zero attached hydrogens (tertiary/aromatic N) is 2. The summed E-state index contributed by atoms with van der Waals surface area (Å²) >= 11 is 0. The average molecular weight is 184 g/mol. The second-order valence-electron chi connectivity index (χ2n) is 3.55. The minimum Gasteiger partial charge on any atom is -0.371 e. The first kappa shape index (κ1) is 10.1. The maximum atomic E-state index is 5.64. The second-order valence-corrected chi connectivity index (χ2v) is 3.55. The molecule has 0 radical (unpaired) electrons. The van der Waals surface area contributed by atoms with E-state index in [0.29, 0.717) is 11.6 Å². The number of H-pyrrole nitrogens is 1. The average Bonchev–Trinajstić information content (AvgIpc) is 2.52. The number of methoxy groups -OCH3 is 1. The Balaban J connectivity index is 2.91. The van der Waals surface area contributed by atoms with Gasteiger partial charge in [-0.05, 0) is 20.8 Å². The first-order chi connectivity index (χ1) is 5.97. The predicted octanol–water partition coefficient (Wildman–Crippen LogP) is 0.706. The van der Waals surface area contributed by atoms with Crippen molar-refractivity contribution in [3.05, 3.63) is 11.6 Å². The fourth-order valence-electron chi connectivity index (χ4n) is 0.838. The largest absolute Gasteiger partial charge is 0.371 e. The Morgan fingerprint density at radius 2 is 2.15 bits per heavy atom. The lowest BCUT2D eigenvalue weighted by atomic mass is 10.1. The lowest BCUT2D eigenvalue weighted by Crippen LogP contribution is -2.21. The normalized spacial score (nSPS) is 14.5. The molecule has 5 heteroatoms. The third-order valence-electron chi connectivity index (χ3n) is 1.98. The summed E-state index contributed by atoms with van der Waals surface area (Å²) in [6.07, 6.45) is 0. The van der Waals surface area contributed by atoms with Gasteiger partial charge in [0.25, 0.3) is 0 Å². The van der Waals surface area contributed by atoms with E-state index in [4.69, 9.17) is 10.5 Å². The number of ether oxygens (including phenoxy) is 1. The van der Waals surface area contributed by atoms with E-state index in [1.165, 1.54) is 0 Å². The molecular weight excluding hydrogens is 168 g/mol. The molecule has 0 spiro atoms. The molecule has 3 N–H and O–H groups in total. The highest BCUT2D eigenvalue weighted by Gasteiger charge is 2.25. The van der Waals surface area contributed by atoms with Gasteiger partial charge in [-0.3, -0.25) is 5.10 Å². The lowest BCUT2D eigenvalue weighted by molar-refractivity contribution is 0.0117. The Kier molecular flexibility index (Phi) is 2.68. The van der Waals surface area contributed by atoms with Gasteiger partial charge >= 0.3 is 0 Å². The van der Waals surface area contributed by atoms with Gasteiger partial charge < -0.3 is 10.5 Å². The number of aromatic amines is 1. The Hall–Kier alpha value is -0.940. The molecule has 0 aliphatic carbocycles. The van der Waals surface area contributed by atoms with Crippen LogP contribution in [0.15, 0.2) is 0 Å². The zero-order chi connectivity index (χ0) is 10.1. The summed E-state index contributed by atoms with van der Waals surface area (Å²) < 4.78 is 5.23. The Morgan fingerprint density at radius 3 is 2.54 bits per heavy atom. The lowest BCUT2D eigenvalue weighted by Gasteiger charge is -2.18. The highest BCUT2D eigenvalue weighted by atomic mass is 16.5. The molecule has 1 unspecified atom stereocenters. The highest BCUT2D eigenvalue weighted by Crippen LogP contribution is 2.20. The minimum atomic E-state index is -0.469. The van der Waals surface area contributed by atoms with Gasteiger partial charge in [-0.1, -0.05) is 0 Å². The number of rotatable bonds is 3. The van der Waals surface area contributed by atoms with Crippen LogP contribution in [-0.4, -0.2) is 22.3 Å². The van der Waals surface area contributed by atoms with E-state index in [2.05, 4.69) is 15.2 Å². The smallest absolute Gasteiger partial charge is 0.181 e. The third kappa shape index (κ3) is 2.05. The molecule has 1 atom stereocenters. The summed E-state index contributed by atoms with van der Waals surface area (Å²) in [6.45, 7) is 5.66. The fraction of sp³-hybridized carbons (Fsp3) is 0.750. The molecule has 0 aliphatic heterocycles. The van der Waals surface area contributed by atoms with E-state index >= 15 is 0 Å². The van der Waals surface area contributed by atoms with Crippen LogP contribution in [0.1, 0.15) is 38.5 Å². The molecule has 5 nitrogen and oxygen atoms in total. The molecule has 0 aliphatic rings. The molecule has 1 aromatic heterocycles. The number of nitrogens with two attached hydrogens (primary N) is 1. The van der Waals surface area contributed by atoms with Gasteiger partial charge in [-0.15, -0.1) is 0 Å². The zero-order valence-corrected chi connectivity index (χ0v) is 8.46. The van der Waals surface area contributed by atoms with Crippen molar-refractivity contribution in [1.29, 1.82) is 0 Å². The van der Waals surface area contributed by atoms with Crippen LogP contribution >= 0.6 is 0 Å². The molecule has 0 saturated heterocycles. The van der Waals surface area contributed by atoms with E-state index in [1.807, 2.05) is 20.8 Å². The first-order valence-corrected chi connectivity index (χ1v) is 4.21. The van der Waals surface area contributed by atoms with Crippen LogP contribution in [0.3, 0.4) is 0 Å². The minimum absolute atomic E-state index is 0.131. The van der Waals surface area contributed by atoms with Gasteiger partial charge in [0, 0.05) is 7.11 Å². The number of hydrogen-bond acceptors (Lipinski definition) is 4. The van der Waals surface area contributed by atoms with E-state index < -0.39 is 5.60 Å². The molecule has 0 saturated carbocycles. The van der Waals surface area contributed by atoms with Gasteiger partial charge in [0.2, 0.25) is 0 Å². The molecule has 74 valence electrons. The summed E-state index contributed by atoms with van der Waals surface area (Å²) in [5.41, 5.74) is 5.17. The highest BCUT2D eigenvalue weighted by molar-refractivity contribution is 5.01. The maximum Gasteiger partial charge on any atom is 0.181 e. The predicted molar refractivity (Wildman–Crippen MR) is 49.0 cm³/mol. The Labute approximate surface area is 77.7 Å². The van der Waals surface area contributed by atoms with Crippen molar-refractivity contribution in [2.45, 2.75) is 32.4 Å². The number of hydrogen-bond donors (Lipinski definition) is 2. The van der Waals surface area contributed by atoms with Crippen molar-refractivity contribution in [3.63, 3.8) is 0 Å². The molecule has 1 aromatic rings. The van der Waals surface area contributed by atoms with Gasteiger partial charge in [-0.2, -0.15) is 5.10 Å².